The third kappa shape index (κ3) is 1.89. The van der Waals surface area contributed by atoms with Crippen LogP contribution in [0.4, 0.5) is 0 Å². The second kappa shape index (κ2) is 3.60. The fourth-order valence-corrected chi connectivity index (χ4v) is 2.10. The Bertz CT molecular complexity index is 291. The number of carbonyl (C=O) groups is 1. The molecule has 2 atom stereocenters. The van der Waals surface area contributed by atoms with Crippen LogP contribution in [0.2, 0.25) is 0 Å². The van der Waals surface area contributed by atoms with Crippen molar-refractivity contribution < 1.29 is 9.53 Å². The molecule has 78 valence electrons. The predicted octanol–water partition coefficient (Wildman–Crippen LogP) is 2.85. The third-order valence-electron chi connectivity index (χ3n) is 2.97. The molecule has 0 heterocycles. The van der Waals surface area contributed by atoms with Crippen molar-refractivity contribution in [3.05, 3.63) is 24.3 Å². The number of hydrogen-bond acceptors (Lipinski definition) is 2. The average molecular weight is 194 g/mol. The molecular formula is C12H18O2. The molecule has 0 aromatic carbocycles. The van der Waals surface area contributed by atoms with E-state index >= 15 is 0 Å². The van der Waals surface area contributed by atoms with Crippen molar-refractivity contribution >= 4 is 5.97 Å². The Hall–Kier alpha value is -1.05. The van der Waals surface area contributed by atoms with E-state index in [4.69, 9.17) is 4.74 Å². The molecule has 0 aromatic heterocycles. The number of carbonyl (C=O) groups excluding carboxylic acids is 1. The van der Waals surface area contributed by atoms with Gasteiger partial charge in [0, 0.05) is 12.8 Å². The Balaban J connectivity index is 2.81. The van der Waals surface area contributed by atoms with E-state index in [2.05, 4.69) is 13.2 Å². The number of rotatable bonds is 2. The van der Waals surface area contributed by atoms with Crippen molar-refractivity contribution in [1.82, 2.24) is 0 Å². The van der Waals surface area contributed by atoms with Gasteiger partial charge in [-0.05, 0) is 32.3 Å². The van der Waals surface area contributed by atoms with Gasteiger partial charge in [0.15, 0.2) is 0 Å². The summed E-state index contributed by atoms with van der Waals surface area (Å²) in [6.07, 6.45) is 1.83. The summed E-state index contributed by atoms with van der Waals surface area (Å²) in [5, 5.41) is 0. The normalized spacial score (nSPS) is 31.6. The summed E-state index contributed by atoms with van der Waals surface area (Å²) < 4.78 is 5.31. The Morgan fingerprint density at radius 1 is 1.57 bits per heavy atom. The summed E-state index contributed by atoms with van der Waals surface area (Å²) >= 11 is 0. The van der Waals surface area contributed by atoms with Gasteiger partial charge in [-0.3, -0.25) is 4.79 Å². The molecule has 2 unspecified atom stereocenters. The molecule has 1 fully saturated rings. The first-order valence-electron chi connectivity index (χ1n) is 4.91. The van der Waals surface area contributed by atoms with Crippen molar-refractivity contribution in [2.75, 3.05) is 0 Å². The van der Waals surface area contributed by atoms with Crippen molar-refractivity contribution in [2.45, 2.75) is 39.2 Å². The van der Waals surface area contributed by atoms with Gasteiger partial charge in [0.25, 0.3) is 0 Å². The van der Waals surface area contributed by atoms with Crippen LogP contribution in [0.5, 0.6) is 0 Å². The van der Waals surface area contributed by atoms with Crippen molar-refractivity contribution in [2.24, 2.45) is 5.92 Å². The van der Waals surface area contributed by atoms with Crippen molar-refractivity contribution in [1.29, 1.82) is 0 Å². The number of allylic oxidation sites excluding steroid dienone is 1. The summed E-state index contributed by atoms with van der Waals surface area (Å²) in [6, 6.07) is 0. The highest BCUT2D eigenvalue weighted by atomic mass is 16.6. The zero-order valence-electron chi connectivity index (χ0n) is 9.22. The minimum atomic E-state index is -0.477. The highest BCUT2D eigenvalue weighted by Crippen LogP contribution is 2.44. The van der Waals surface area contributed by atoms with Crippen LogP contribution in [-0.2, 0) is 9.53 Å². The summed E-state index contributed by atoms with van der Waals surface area (Å²) in [6.45, 7) is 13.3. The highest BCUT2D eigenvalue weighted by Gasteiger charge is 2.41. The molecule has 0 bridgehead atoms. The molecule has 0 amide bonds. The van der Waals surface area contributed by atoms with Crippen LogP contribution < -0.4 is 0 Å². The van der Waals surface area contributed by atoms with Gasteiger partial charge in [-0.25, -0.2) is 0 Å². The lowest BCUT2D eigenvalue weighted by atomic mass is 9.92. The van der Waals surface area contributed by atoms with Gasteiger partial charge in [0.1, 0.15) is 5.60 Å². The molecule has 0 aliphatic heterocycles. The zero-order valence-corrected chi connectivity index (χ0v) is 9.22. The third-order valence-corrected chi connectivity index (χ3v) is 2.97. The maximum Gasteiger partial charge on any atom is 0.303 e. The lowest BCUT2D eigenvalue weighted by Gasteiger charge is -2.26. The first kappa shape index (κ1) is 11.0. The van der Waals surface area contributed by atoms with Crippen molar-refractivity contribution in [3.8, 4) is 0 Å². The lowest BCUT2D eigenvalue weighted by Crippen LogP contribution is -2.29. The molecule has 2 heteroatoms. The maximum atomic E-state index is 10.9. The largest absolute Gasteiger partial charge is 0.455 e. The molecule has 0 spiro atoms. The molecular weight excluding hydrogens is 176 g/mol. The van der Waals surface area contributed by atoms with Crippen LogP contribution in [0.15, 0.2) is 24.3 Å². The van der Waals surface area contributed by atoms with Crippen molar-refractivity contribution in [3.63, 3.8) is 0 Å². The lowest BCUT2D eigenvalue weighted by molar-refractivity contribution is -0.151. The molecule has 1 aliphatic rings. The van der Waals surface area contributed by atoms with E-state index in [0.717, 1.165) is 24.0 Å². The molecule has 0 aromatic rings. The molecule has 14 heavy (non-hydrogen) atoms. The fourth-order valence-electron chi connectivity index (χ4n) is 2.10. The smallest absolute Gasteiger partial charge is 0.303 e. The standard InChI is InChI=1S/C12H18O2/c1-8(2)11-6-7-12(5,9(11)3)14-10(4)13/h11H,1,3,6-7H2,2,4-5H3. The number of esters is 1. The van der Waals surface area contributed by atoms with E-state index < -0.39 is 5.60 Å². The van der Waals surface area contributed by atoms with E-state index in [-0.39, 0.29) is 5.97 Å². The van der Waals surface area contributed by atoms with E-state index in [1.165, 1.54) is 6.92 Å². The minimum Gasteiger partial charge on any atom is -0.455 e. The van der Waals surface area contributed by atoms with Gasteiger partial charge < -0.3 is 4.74 Å². The topological polar surface area (TPSA) is 26.3 Å². The maximum absolute atomic E-state index is 10.9. The molecule has 0 saturated heterocycles. The van der Waals surface area contributed by atoms with Crippen LogP contribution in [0.1, 0.15) is 33.6 Å². The first-order chi connectivity index (χ1) is 6.37. The molecule has 0 N–H and O–H groups in total. The summed E-state index contributed by atoms with van der Waals surface area (Å²) in [5.74, 6) is 0.0652. The SMILES string of the molecule is C=C(C)C1CCC(C)(OC(C)=O)C1=C. The Morgan fingerprint density at radius 3 is 2.50 bits per heavy atom. The van der Waals surface area contributed by atoms with Crippen LogP contribution in [-0.4, -0.2) is 11.6 Å². The predicted molar refractivity (Wildman–Crippen MR) is 56.8 cm³/mol. The second-order valence-electron chi connectivity index (χ2n) is 4.29. The number of hydrogen-bond donors (Lipinski definition) is 0. The van der Waals surface area contributed by atoms with Gasteiger partial charge in [-0.15, -0.1) is 0 Å². The van der Waals surface area contributed by atoms with Gasteiger partial charge in [0.05, 0.1) is 0 Å². The van der Waals surface area contributed by atoms with Gasteiger partial charge in [-0.2, -0.15) is 0 Å². The highest BCUT2D eigenvalue weighted by molar-refractivity contribution is 5.67. The summed E-state index contributed by atoms with van der Waals surface area (Å²) in [4.78, 5) is 10.9. The molecule has 2 nitrogen and oxygen atoms in total. The Morgan fingerprint density at radius 2 is 2.14 bits per heavy atom. The quantitative estimate of drug-likeness (QED) is 0.499. The minimum absolute atomic E-state index is 0.240. The van der Waals surface area contributed by atoms with Crippen LogP contribution in [0, 0.1) is 5.92 Å². The molecule has 1 saturated carbocycles. The van der Waals surface area contributed by atoms with Gasteiger partial charge >= 0.3 is 5.97 Å². The van der Waals surface area contributed by atoms with E-state index in [9.17, 15) is 4.79 Å². The van der Waals surface area contributed by atoms with E-state index in [1.807, 2.05) is 13.8 Å². The van der Waals surface area contributed by atoms with Crippen LogP contribution in [0.3, 0.4) is 0 Å². The Kier molecular flexibility index (Phi) is 2.84. The zero-order chi connectivity index (χ0) is 10.9. The first-order valence-corrected chi connectivity index (χ1v) is 4.91. The van der Waals surface area contributed by atoms with Crippen LogP contribution >= 0.6 is 0 Å². The molecule has 0 radical (unpaired) electrons. The van der Waals surface area contributed by atoms with Gasteiger partial charge in [-0.1, -0.05) is 18.7 Å². The fraction of sp³-hybridized carbons (Fsp3) is 0.583. The van der Waals surface area contributed by atoms with E-state index in [1.54, 1.807) is 0 Å². The van der Waals surface area contributed by atoms with Crippen LogP contribution in [0.25, 0.3) is 0 Å². The summed E-state index contributed by atoms with van der Waals surface area (Å²) in [7, 11) is 0. The Labute approximate surface area is 85.6 Å². The molecule has 1 rings (SSSR count). The average Bonchev–Trinajstić information content (AvgIpc) is 2.27. The summed E-state index contributed by atoms with van der Waals surface area (Å²) in [5.41, 5.74) is 1.61. The van der Waals surface area contributed by atoms with Gasteiger partial charge in [0.2, 0.25) is 0 Å². The monoisotopic (exact) mass is 194 g/mol. The number of ether oxygens (including phenoxy) is 1. The van der Waals surface area contributed by atoms with E-state index in [0.29, 0.717) is 5.92 Å². The second-order valence-corrected chi connectivity index (χ2v) is 4.29. The molecule has 1 aliphatic carbocycles.